The largest absolute Gasteiger partial charge is 0.399 e. The van der Waals surface area contributed by atoms with Crippen LogP contribution in [-0.4, -0.2) is 14.6 Å². The van der Waals surface area contributed by atoms with E-state index in [0.717, 1.165) is 30.2 Å². The second kappa shape index (κ2) is 3.71. The van der Waals surface area contributed by atoms with Crippen molar-refractivity contribution in [3.8, 4) is 0 Å². The Balaban J connectivity index is 1.71. The molecule has 0 atom stereocenters. The van der Waals surface area contributed by atoms with E-state index in [9.17, 15) is 0 Å². The first-order valence-electron chi connectivity index (χ1n) is 6.22. The molecule has 0 radical (unpaired) electrons. The second-order valence-electron chi connectivity index (χ2n) is 4.80. The van der Waals surface area contributed by atoms with Gasteiger partial charge >= 0.3 is 0 Å². The molecule has 2 N–H and O–H groups in total. The van der Waals surface area contributed by atoms with Crippen LogP contribution < -0.4 is 10.6 Å². The fraction of sp³-hybridized carbons (Fsp3) is 0.143. The minimum absolute atomic E-state index is 0.819. The first-order chi connectivity index (χ1) is 9.29. The Bertz CT molecular complexity index is 761. The molecule has 0 saturated carbocycles. The molecule has 5 nitrogen and oxygen atoms in total. The molecule has 0 fully saturated rings. The number of nitrogens with zero attached hydrogens (tertiary/aromatic N) is 4. The van der Waals surface area contributed by atoms with Crippen LogP contribution in [0.1, 0.15) is 11.1 Å². The van der Waals surface area contributed by atoms with Crippen LogP contribution in [0.25, 0.3) is 5.65 Å². The number of nitrogen functional groups attached to an aromatic ring is 1. The van der Waals surface area contributed by atoms with Crippen LogP contribution >= 0.6 is 0 Å². The van der Waals surface area contributed by atoms with Gasteiger partial charge in [0.1, 0.15) is 5.82 Å². The Labute approximate surface area is 110 Å². The fourth-order valence-corrected chi connectivity index (χ4v) is 2.56. The van der Waals surface area contributed by atoms with Crippen LogP contribution in [0.5, 0.6) is 0 Å². The molecule has 3 aromatic rings. The van der Waals surface area contributed by atoms with Crippen molar-refractivity contribution in [2.24, 2.45) is 0 Å². The minimum atomic E-state index is 0.819. The summed E-state index contributed by atoms with van der Waals surface area (Å²) in [5.74, 6) is 0.975. The van der Waals surface area contributed by atoms with Crippen molar-refractivity contribution < 1.29 is 0 Å². The van der Waals surface area contributed by atoms with Gasteiger partial charge in [-0.1, -0.05) is 6.07 Å². The summed E-state index contributed by atoms with van der Waals surface area (Å²) in [5.41, 5.74) is 10.1. The molecule has 0 spiro atoms. The number of benzene rings is 1. The Morgan fingerprint density at radius 1 is 1.05 bits per heavy atom. The molecule has 19 heavy (non-hydrogen) atoms. The molecular weight excluding hydrogens is 238 g/mol. The first kappa shape index (κ1) is 10.4. The lowest BCUT2D eigenvalue weighted by atomic mass is 10.1. The van der Waals surface area contributed by atoms with E-state index in [1.807, 2.05) is 30.5 Å². The number of fused-ring (bicyclic) bond motifs is 2. The first-order valence-corrected chi connectivity index (χ1v) is 6.22. The maximum Gasteiger partial charge on any atom is 0.157 e. The topological polar surface area (TPSA) is 59.5 Å². The molecular formula is C14H13N5. The quantitative estimate of drug-likeness (QED) is 0.670. The number of rotatable bonds is 1. The van der Waals surface area contributed by atoms with E-state index in [1.54, 1.807) is 10.7 Å². The average Bonchev–Trinajstić information content (AvgIpc) is 3.02. The summed E-state index contributed by atoms with van der Waals surface area (Å²) in [6.07, 6.45) is 3.69. The van der Waals surface area contributed by atoms with Crippen LogP contribution in [0.15, 0.2) is 42.7 Å². The zero-order valence-corrected chi connectivity index (χ0v) is 10.3. The van der Waals surface area contributed by atoms with Crippen LogP contribution in [-0.2, 0) is 13.1 Å². The number of nitrogens with two attached hydrogens (primary N) is 1. The van der Waals surface area contributed by atoms with Crippen molar-refractivity contribution in [2.45, 2.75) is 13.1 Å². The Morgan fingerprint density at radius 3 is 2.89 bits per heavy atom. The zero-order valence-electron chi connectivity index (χ0n) is 10.3. The van der Waals surface area contributed by atoms with Gasteiger partial charge in [-0.3, -0.25) is 0 Å². The molecule has 3 heterocycles. The normalized spacial score (nSPS) is 14.0. The maximum atomic E-state index is 5.83. The van der Waals surface area contributed by atoms with Gasteiger partial charge in [0.25, 0.3) is 0 Å². The highest BCUT2D eigenvalue weighted by Gasteiger charge is 2.20. The van der Waals surface area contributed by atoms with Crippen molar-refractivity contribution in [3.63, 3.8) is 0 Å². The van der Waals surface area contributed by atoms with Gasteiger partial charge < -0.3 is 10.6 Å². The van der Waals surface area contributed by atoms with E-state index in [1.165, 1.54) is 11.1 Å². The van der Waals surface area contributed by atoms with Crippen molar-refractivity contribution in [1.29, 1.82) is 0 Å². The molecule has 94 valence electrons. The average molecular weight is 251 g/mol. The third kappa shape index (κ3) is 1.62. The Hall–Kier alpha value is -2.56. The predicted octanol–water partition coefficient (Wildman–Crippen LogP) is 1.83. The van der Waals surface area contributed by atoms with Crippen LogP contribution in [0.4, 0.5) is 11.5 Å². The molecule has 1 aliphatic heterocycles. The Morgan fingerprint density at radius 2 is 1.95 bits per heavy atom. The summed E-state index contributed by atoms with van der Waals surface area (Å²) in [7, 11) is 0. The lowest BCUT2D eigenvalue weighted by Gasteiger charge is -2.16. The molecule has 0 aliphatic carbocycles. The molecule has 1 aromatic carbocycles. The van der Waals surface area contributed by atoms with E-state index < -0.39 is 0 Å². The summed E-state index contributed by atoms with van der Waals surface area (Å²) < 4.78 is 1.77. The van der Waals surface area contributed by atoms with Gasteiger partial charge in [0.05, 0.1) is 6.20 Å². The lowest BCUT2D eigenvalue weighted by Crippen LogP contribution is -2.16. The number of aromatic nitrogens is 3. The van der Waals surface area contributed by atoms with Crippen molar-refractivity contribution in [2.75, 3.05) is 10.6 Å². The molecule has 0 saturated heterocycles. The van der Waals surface area contributed by atoms with Crippen molar-refractivity contribution in [3.05, 3.63) is 53.9 Å². The van der Waals surface area contributed by atoms with Gasteiger partial charge in [0.2, 0.25) is 0 Å². The highest BCUT2D eigenvalue weighted by Crippen LogP contribution is 2.28. The number of hydrogen-bond donors (Lipinski definition) is 1. The molecule has 0 amide bonds. The summed E-state index contributed by atoms with van der Waals surface area (Å²) >= 11 is 0. The lowest BCUT2D eigenvalue weighted by molar-refractivity contribution is 0.844. The van der Waals surface area contributed by atoms with Gasteiger partial charge in [-0.05, 0) is 29.3 Å². The third-order valence-corrected chi connectivity index (χ3v) is 3.52. The van der Waals surface area contributed by atoms with Gasteiger partial charge in [-0.25, -0.2) is 9.50 Å². The van der Waals surface area contributed by atoms with Crippen molar-refractivity contribution >= 4 is 17.2 Å². The highest BCUT2D eigenvalue weighted by atomic mass is 15.3. The van der Waals surface area contributed by atoms with E-state index in [2.05, 4.69) is 21.0 Å². The molecule has 1 aliphatic rings. The van der Waals surface area contributed by atoms with Crippen LogP contribution in [0.2, 0.25) is 0 Å². The van der Waals surface area contributed by atoms with Gasteiger partial charge in [-0.2, -0.15) is 5.10 Å². The maximum absolute atomic E-state index is 5.83. The summed E-state index contributed by atoms with van der Waals surface area (Å²) in [6, 6.07) is 10.0. The standard InChI is InChI=1S/C14H13N5/c15-12-2-1-10-8-18(9-11(10)7-12)13-4-6-19-14(17-13)3-5-16-19/h1-7H,8-9,15H2. The van der Waals surface area contributed by atoms with Crippen LogP contribution in [0.3, 0.4) is 0 Å². The smallest absolute Gasteiger partial charge is 0.157 e. The van der Waals surface area contributed by atoms with E-state index in [0.29, 0.717) is 0 Å². The van der Waals surface area contributed by atoms with Crippen LogP contribution in [0, 0.1) is 0 Å². The molecule has 0 bridgehead atoms. The fourth-order valence-electron chi connectivity index (χ4n) is 2.56. The zero-order chi connectivity index (χ0) is 12.8. The van der Waals surface area contributed by atoms with E-state index >= 15 is 0 Å². The molecule has 2 aromatic heterocycles. The minimum Gasteiger partial charge on any atom is -0.399 e. The van der Waals surface area contributed by atoms with E-state index in [4.69, 9.17) is 5.73 Å². The SMILES string of the molecule is Nc1ccc2c(c1)CN(c1ccn3nccc3n1)C2. The van der Waals surface area contributed by atoms with Gasteiger partial charge in [-0.15, -0.1) is 0 Å². The number of anilines is 2. The summed E-state index contributed by atoms with van der Waals surface area (Å²) in [5, 5.41) is 4.16. The van der Waals surface area contributed by atoms with Crippen molar-refractivity contribution in [1.82, 2.24) is 14.6 Å². The van der Waals surface area contributed by atoms with Gasteiger partial charge in [0, 0.05) is 31.0 Å². The van der Waals surface area contributed by atoms with E-state index in [-0.39, 0.29) is 0 Å². The summed E-state index contributed by atoms with van der Waals surface area (Å²) in [6.45, 7) is 1.74. The Kier molecular flexibility index (Phi) is 2.03. The molecule has 0 unspecified atom stereocenters. The summed E-state index contributed by atoms with van der Waals surface area (Å²) in [4.78, 5) is 6.86. The monoisotopic (exact) mass is 251 g/mol. The third-order valence-electron chi connectivity index (χ3n) is 3.52. The molecule has 5 heteroatoms. The second-order valence-corrected chi connectivity index (χ2v) is 4.80. The predicted molar refractivity (Wildman–Crippen MR) is 73.7 cm³/mol. The highest BCUT2D eigenvalue weighted by molar-refractivity contribution is 5.54. The van der Waals surface area contributed by atoms with Gasteiger partial charge in [0.15, 0.2) is 5.65 Å². The molecule has 4 rings (SSSR count). The number of hydrogen-bond acceptors (Lipinski definition) is 4.